The van der Waals surface area contributed by atoms with Crippen LogP contribution in [0.25, 0.3) is 0 Å². The van der Waals surface area contributed by atoms with Gasteiger partial charge in [0.2, 0.25) is 0 Å². The molecule has 0 saturated carbocycles. The van der Waals surface area contributed by atoms with E-state index in [1.807, 2.05) is 0 Å². The van der Waals surface area contributed by atoms with Crippen LogP contribution in [0.15, 0.2) is 22.7 Å². The fraction of sp³-hybridized carbons (Fsp3) is 0.250. The zero-order valence-corrected chi connectivity index (χ0v) is 11.5. The highest BCUT2D eigenvalue weighted by molar-refractivity contribution is 9.10. The summed E-state index contributed by atoms with van der Waals surface area (Å²) in [4.78, 5) is 11.7. The van der Waals surface area contributed by atoms with Crippen molar-refractivity contribution in [2.45, 2.75) is 6.04 Å². The summed E-state index contributed by atoms with van der Waals surface area (Å²) in [5.74, 6) is 1.98. The van der Waals surface area contributed by atoms with Gasteiger partial charge < -0.3 is 4.74 Å². The van der Waals surface area contributed by atoms with E-state index < -0.39 is 12.0 Å². The highest BCUT2D eigenvalue weighted by atomic mass is 79.9. The molecule has 1 N–H and O–H groups in total. The van der Waals surface area contributed by atoms with Gasteiger partial charge in [0, 0.05) is 15.1 Å². The van der Waals surface area contributed by atoms with Gasteiger partial charge in [0.25, 0.3) is 0 Å². The van der Waals surface area contributed by atoms with E-state index in [0.717, 1.165) is 4.47 Å². The Labute approximate surface area is 114 Å². The molecule has 0 aliphatic heterocycles. The normalized spacial score (nSPS) is 11.6. The molecule has 5 heteroatoms. The second-order valence-corrected chi connectivity index (χ2v) is 4.53. The van der Waals surface area contributed by atoms with Crippen molar-refractivity contribution in [3.8, 4) is 12.3 Å². The maximum Gasteiger partial charge on any atom is 0.327 e. The maximum atomic E-state index is 11.7. The van der Waals surface area contributed by atoms with Gasteiger partial charge in [-0.1, -0.05) is 33.5 Å². The second kappa shape index (κ2) is 6.65. The maximum absolute atomic E-state index is 11.7. The van der Waals surface area contributed by atoms with Crippen molar-refractivity contribution >= 4 is 33.5 Å². The van der Waals surface area contributed by atoms with Gasteiger partial charge in [-0.2, -0.15) is 0 Å². The first kappa shape index (κ1) is 14.0. The molecule has 1 rings (SSSR count). The molecule has 17 heavy (non-hydrogen) atoms. The van der Waals surface area contributed by atoms with Crippen LogP contribution in [0, 0.1) is 12.3 Å². The molecule has 0 aliphatic carbocycles. The first-order valence-electron chi connectivity index (χ1n) is 4.79. The Morgan fingerprint density at radius 2 is 2.41 bits per heavy atom. The molecule has 1 aromatic carbocycles. The predicted octanol–water partition coefficient (Wildman–Crippen LogP) is 2.54. The first-order chi connectivity index (χ1) is 8.10. The molecule has 1 aromatic rings. The number of methoxy groups -OCH3 is 1. The zero-order chi connectivity index (χ0) is 12.8. The average Bonchev–Trinajstić information content (AvgIpc) is 2.33. The Balaban J connectivity index is 3.08. The lowest BCUT2D eigenvalue weighted by Crippen LogP contribution is -2.30. The first-order valence-corrected chi connectivity index (χ1v) is 5.97. The Bertz CT molecular complexity index is 456. The molecule has 3 nitrogen and oxygen atoms in total. The van der Waals surface area contributed by atoms with Gasteiger partial charge in [-0.05, 0) is 18.2 Å². The third-order valence-electron chi connectivity index (χ3n) is 2.11. The van der Waals surface area contributed by atoms with Gasteiger partial charge >= 0.3 is 5.97 Å². The van der Waals surface area contributed by atoms with Crippen molar-refractivity contribution in [3.05, 3.63) is 33.3 Å². The van der Waals surface area contributed by atoms with Crippen molar-refractivity contribution in [2.75, 3.05) is 13.7 Å². The largest absolute Gasteiger partial charge is 0.468 e. The number of carbonyl (C=O) groups is 1. The van der Waals surface area contributed by atoms with E-state index in [0.29, 0.717) is 10.6 Å². The second-order valence-electron chi connectivity index (χ2n) is 3.21. The number of esters is 1. The molecule has 0 amide bonds. The van der Waals surface area contributed by atoms with Gasteiger partial charge in [-0.25, -0.2) is 4.79 Å². The fourth-order valence-corrected chi connectivity index (χ4v) is 1.94. The lowest BCUT2D eigenvalue weighted by molar-refractivity contribution is -0.143. The number of benzene rings is 1. The molecule has 90 valence electrons. The van der Waals surface area contributed by atoms with Crippen LogP contribution in [-0.2, 0) is 9.53 Å². The Morgan fingerprint density at radius 3 is 3.00 bits per heavy atom. The topological polar surface area (TPSA) is 38.3 Å². The minimum Gasteiger partial charge on any atom is -0.468 e. The van der Waals surface area contributed by atoms with Gasteiger partial charge in [0.15, 0.2) is 0 Å². The molecule has 0 bridgehead atoms. The van der Waals surface area contributed by atoms with Gasteiger partial charge in [0.1, 0.15) is 6.04 Å². The minimum absolute atomic E-state index is 0.253. The number of hydrogen-bond acceptors (Lipinski definition) is 3. The van der Waals surface area contributed by atoms with E-state index in [-0.39, 0.29) is 6.54 Å². The van der Waals surface area contributed by atoms with E-state index in [1.165, 1.54) is 7.11 Å². The summed E-state index contributed by atoms with van der Waals surface area (Å²) >= 11 is 9.38. The SMILES string of the molecule is C#CCNC(C(=O)OC)c1cc(Br)ccc1Cl. The lowest BCUT2D eigenvalue weighted by Gasteiger charge is -2.17. The van der Waals surface area contributed by atoms with Crippen molar-refractivity contribution in [1.82, 2.24) is 5.32 Å². The molecule has 0 radical (unpaired) electrons. The zero-order valence-electron chi connectivity index (χ0n) is 9.17. The number of rotatable bonds is 4. The van der Waals surface area contributed by atoms with E-state index >= 15 is 0 Å². The Hall–Kier alpha value is -1.02. The summed E-state index contributed by atoms with van der Waals surface area (Å²) in [5, 5.41) is 3.37. The summed E-state index contributed by atoms with van der Waals surface area (Å²) in [7, 11) is 1.32. The third kappa shape index (κ3) is 3.74. The molecule has 0 saturated heterocycles. The molecule has 0 aromatic heterocycles. The quantitative estimate of drug-likeness (QED) is 0.685. The van der Waals surface area contributed by atoms with E-state index in [4.69, 9.17) is 22.8 Å². The lowest BCUT2D eigenvalue weighted by atomic mass is 10.1. The number of nitrogens with one attached hydrogen (secondary N) is 1. The molecule has 0 fully saturated rings. The highest BCUT2D eigenvalue weighted by Crippen LogP contribution is 2.27. The van der Waals surface area contributed by atoms with Crippen LogP contribution < -0.4 is 5.32 Å². The molecular formula is C12H11BrClNO2. The van der Waals surface area contributed by atoms with Gasteiger partial charge in [0.05, 0.1) is 13.7 Å². The summed E-state index contributed by atoms with van der Waals surface area (Å²) in [5.41, 5.74) is 0.628. The summed E-state index contributed by atoms with van der Waals surface area (Å²) in [6.45, 7) is 0.253. The van der Waals surface area contributed by atoms with E-state index in [9.17, 15) is 4.79 Å². The third-order valence-corrected chi connectivity index (χ3v) is 2.95. The highest BCUT2D eigenvalue weighted by Gasteiger charge is 2.23. The van der Waals surface area contributed by atoms with Crippen molar-refractivity contribution in [1.29, 1.82) is 0 Å². The predicted molar refractivity (Wildman–Crippen MR) is 70.7 cm³/mol. The molecule has 0 heterocycles. The van der Waals surface area contributed by atoms with Crippen LogP contribution in [0.2, 0.25) is 5.02 Å². The van der Waals surface area contributed by atoms with Crippen LogP contribution in [0.1, 0.15) is 11.6 Å². The Morgan fingerprint density at radius 1 is 1.71 bits per heavy atom. The van der Waals surface area contributed by atoms with Gasteiger partial charge in [-0.3, -0.25) is 5.32 Å². The van der Waals surface area contributed by atoms with E-state index in [2.05, 4.69) is 27.2 Å². The van der Waals surface area contributed by atoms with Crippen LogP contribution in [0.3, 0.4) is 0 Å². The summed E-state index contributed by atoms with van der Waals surface area (Å²) in [6, 6.07) is 4.59. The smallest absolute Gasteiger partial charge is 0.327 e. The van der Waals surface area contributed by atoms with Crippen LogP contribution in [0.4, 0.5) is 0 Å². The minimum atomic E-state index is -0.666. The van der Waals surface area contributed by atoms with E-state index in [1.54, 1.807) is 18.2 Å². The average molecular weight is 317 g/mol. The monoisotopic (exact) mass is 315 g/mol. The number of terminal acetylenes is 1. The summed E-state index contributed by atoms with van der Waals surface area (Å²) < 4.78 is 5.54. The molecule has 1 unspecified atom stereocenters. The van der Waals surface area contributed by atoms with Crippen LogP contribution in [0.5, 0.6) is 0 Å². The number of hydrogen-bond donors (Lipinski definition) is 1. The standard InChI is InChI=1S/C12H11BrClNO2/c1-3-6-15-11(12(16)17-2)9-7-8(13)4-5-10(9)14/h1,4-5,7,11,15H,6H2,2H3. The Kier molecular flexibility index (Phi) is 5.49. The van der Waals surface area contributed by atoms with Crippen molar-refractivity contribution in [3.63, 3.8) is 0 Å². The molecule has 1 atom stereocenters. The number of halogens is 2. The molecule has 0 spiro atoms. The number of ether oxygens (including phenoxy) is 1. The fourth-order valence-electron chi connectivity index (χ4n) is 1.33. The van der Waals surface area contributed by atoms with Crippen LogP contribution >= 0.6 is 27.5 Å². The van der Waals surface area contributed by atoms with Crippen LogP contribution in [-0.4, -0.2) is 19.6 Å². The number of carbonyl (C=O) groups excluding carboxylic acids is 1. The van der Waals surface area contributed by atoms with Crippen molar-refractivity contribution in [2.24, 2.45) is 0 Å². The molecule has 0 aliphatic rings. The van der Waals surface area contributed by atoms with Crippen molar-refractivity contribution < 1.29 is 9.53 Å². The van der Waals surface area contributed by atoms with Gasteiger partial charge in [-0.15, -0.1) is 6.42 Å². The molecular weight excluding hydrogens is 305 g/mol. The summed E-state index contributed by atoms with van der Waals surface area (Å²) in [6.07, 6.45) is 5.16.